The Bertz CT molecular complexity index is 976. The molecule has 1 N–H and O–H groups in total. The maximum absolute atomic E-state index is 6.53. The monoisotopic (exact) mass is 471 g/mol. The van der Waals surface area contributed by atoms with Crippen molar-refractivity contribution in [2.45, 2.75) is 12.8 Å². The first-order valence-corrected chi connectivity index (χ1v) is 12.2. The number of nitrogens with one attached hydrogen (secondary N) is 1. The highest BCUT2D eigenvalue weighted by Gasteiger charge is 2.30. The molecule has 0 atom stereocenters. The molecule has 5 rings (SSSR count). The SMILES string of the molecule is COOSN1CCC(C2=C3[N-]C=CC=C3C=C(N3CCNCC3)c3cc(Cl)ccc32)CC1. The third kappa shape index (κ3) is 4.51. The van der Waals surface area contributed by atoms with Gasteiger partial charge in [-0.25, -0.2) is 9.19 Å². The molecule has 0 aromatic heterocycles. The van der Waals surface area contributed by atoms with Gasteiger partial charge in [0.05, 0.1) is 7.11 Å². The van der Waals surface area contributed by atoms with Crippen LogP contribution in [0.5, 0.6) is 0 Å². The summed E-state index contributed by atoms with van der Waals surface area (Å²) in [6.07, 6.45) is 10.5. The number of piperidine rings is 1. The minimum atomic E-state index is 0.416. The summed E-state index contributed by atoms with van der Waals surface area (Å²) < 4.78 is 7.28. The van der Waals surface area contributed by atoms with Gasteiger partial charge in [-0.05, 0) is 48.1 Å². The molecule has 3 heterocycles. The van der Waals surface area contributed by atoms with E-state index in [2.05, 4.69) is 38.8 Å². The highest BCUT2D eigenvalue weighted by atomic mass is 35.5. The molecule has 6 nitrogen and oxygen atoms in total. The van der Waals surface area contributed by atoms with Gasteiger partial charge in [-0.1, -0.05) is 35.4 Å². The van der Waals surface area contributed by atoms with Gasteiger partial charge in [-0.3, -0.25) is 0 Å². The summed E-state index contributed by atoms with van der Waals surface area (Å²) in [4.78, 5) is 7.23. The molecule has 2 fully saturated rings. The topological polar surface area (TPSA) is 51.1 Å². The molecular weight excluding hydrogens is 444 g/mol. The second kappa shape index (κ2) is 10.0. The minimum absolute atomic E-state index is 0.416. The predicted octanol–water partition coefficient (Wildman–Crippen LogP) is 4.99. The molecule has 3 aliphatic heterocycles. The first-order chi connectivity index (χ1) is 15.7. The molecule has 0 saturated carbocycles. The van der Waals surface area contributed by atoms with Crippen LogP contribution in [0.25, 0.3) is 16.6 Å². The second-order valence-corrected chi connectivity index (χ2v) is 9.56. The Morgan fingerprint density at radius 2 is 1.94 bits per heavy atom. The van der Waals surface area contributed by atoms with Crippen molar-refractivity contribution in [2.24, 2.45) is 5.92 Å². The molecule has 0 radical (unpaired) electrons. The van der Waals surface area contributed by atoms with E-state index in [0.29, 0.717) is 5.92 Å². The normalized spacial score (nSPS) is 22.0. The Labute approximate surface area is 199 Å². The molecule has 0 amide bonds. The number of hydrogen-bond donors (Lipinski definition) is 1. The quantitative estimate of drug-likeness (QED) is 0.282. The largest absolute Gasteiger partial charge is 0.663 e. The maximum Gasteiger partial charge on any atom is 0.121 e. The summed E-state index contributed by atoms with van der Waals surface area (Å²) in [5, 5.41) is 9.13. The van der Waals surface area contributed by atoms with Crippen LogP contribution in [0, 0.1) is 5.92 Å². The van der Waals surface area contributed by atoms with Crippen molar-refractivity contribution < 1.29 is 9.22 Å². The zero-order chi connectivity index (χ0) is 21.9. The molecule has 1 aromatic rings. The number of piperazine rings is 1. The van der Waals surface area contributed by atoms with E-state index in [1.54, 1.807) is 0 Å². The molecule has 170 valence electrons. The van der Waals surface area contributed by atoms with Crippen molar-refractivity contribution in [1.29, 1.82) is 0 Å². The van der Waals surface area contributed by atoms with Crippen molar-refractivity contribution in [3.63, 3.8) is 0 Å². The molecule has 0 unspecified atom stereocenters. The molecule has 32 heavy (non-hydrogen) atoms. The number of fused-ring (bicyclic) bond motifs is 2. The van der Waals surface area contributed by atoms with Crippen LogP contribution in [0.4, 0.5) is 0 Å². The minimum Gasteiger partial charge on any atom is -0.663 e. The van der Waals surface area contributed by atoms with Crippen LogP contribution >= 0.6 is 23.8 Å². The molecule has 8 heteroatoms. The van der Waals surface area contributed by atoms with Gasteiger partial charge in [-0.15, -0.1) is 10.0 Å². The third-order valence-electron chi connectivity index (χ3n) is 6.46. The summed E-state index contributed by atoms with van der Waals surface area (Å²) in [7, 11) is 1.54. The van der Waals surface area contributed by atoms with E-state index in [-0.39, 0.29) is 0 Å². The van der Waals surface area contributed by atoms with Crippen molar-refractivity contribution >= 4 is 35.1 Å². The van der Waals surface area contributed by atoms with Crippen molar-refractivity contribution in [3.8, 4) is 0 Å². The average Bonchev–Trinajstić information content (AvgIpc) is 2.98. The summed E-state index contributed by atoms with van der Waals surface area (Å²) in [6, 6.07) is 6.34. The average molecular weight is 472 g/mol. The van der Waals surface area contributed by atoms with E-state index in [4.69, 9.17) is 26.1 Å². The van der Waals surface area contributed by atoms with E-state index in [9.17, 15) is 0 Å². The van der Waals surface area contributed by atoms with Crippen molar-refractivity contribution in [2.75, 3.05) is 46.4 Å². The zero-order valence-corrected chi connectivity index (χ0v) is 19.8. The molecule has 2 saturated heterocycles. The molecule has 0 bridgehead atoms. The lowest BCUT2D eigenvalue weighted by Gasteiger charge is -2.37. The van der Waals surface area contributed by atoms with E-state index in [1.807, 2.05) is 18.3 Å². The van der Waals surface area contributed by atoms with Crippen LogP contribution in [-0.4, -0.2) is 55.6 Å². The number of nitrogens with zero attached hydrogens (tertiary/aromatic N) is 3. The van der Waals surface area contributed by atoms with Crippen LogP contribution in [0.15, 0.2) is 53.9 Å². The van der Waals surface area contributed by atoms with E-state index in [0.717, 1.165) is 62.8 Å². The number of hydrogen-bond acceptors (Lipinski definition) is 6. The van der Waals surface area contributed by atoms with Crippen molar-refractivity contribution in [3.05, 3.63) is 75.4 Å². The standard InChI is InChI=1S/C24H28ClN4O2S/c1-30-31-32-29-11-6-17(7-12-29)23-20-5-4-19(25)16-21(20)22(28-13-9-26-10-14-28)15-18-3-2-8-27-24(18)23/h2-5,8,15-17,26H,6-7,9-14H2,1H3/q-1. The molecule has 1 aromatic carbocycles. The van der Waals surface area contributed by atoms with Crippen LogP contribution in [0.2, 0.25) is 5.02 Å². The van der Waals surface area contributed by atoms with Gasteiger partial charge < -0.3 is 15.5 Å². The van der Waals surface area contributed by atoms with Gasteiger partial charge in [0, 0.05) is 55.6 Å². The summed E-state index contributed by atoms with van der Waals surface area (Å²) in [6.45, 7) is 5.82. The number of benzene rings is 1. The first kappa shape index (κ1) is 22.1. The summed E-state index contributed by atoms with van der Waals surface area (Å²) in [5.74, 6) is 0.416. The second-order valence-electron chi connectivity index (χ2n) is 8.32. The zero-order valence-electron chi connectivity index (χ0n) is 18.2. The van der Waals surface area contributed by atoms with Gasteiger partial charge in [-0.2, -0.15) is 6.20 Å². The van der Waals surface area contributed by atoms with E-state index in [1.165, 1.54) is 47.3 Å². The molecule has 4 aliphatic rings. The van der Waals surface area contributed by atoms with Crippen molar-refractivity contribution in [1.82, 2.24) is 14.5 Å². The number of allylic oxidation sites excluding steroid dienone is 4. The van der Waals surface area contributed by atoms with Gasteiger partial charge in [0.15, 0.2) is 0 Å². The Balaban J connectivity index is 1.55. The Hall–Kier alpha value is -1.74. The van der Waals surface area contributed by atoms with Gasteiger partial charge in [0.1, 0.15) is 12.2 Å². The summed E-state index contributed by atoms with van der Waals surface area (Å²) in [5.41, 5.74) is 7.34. The first-order valence-electron chi connectivity index (χ1n) is 11.2. The third-order valence-corrected chi connectivity index (χ3v) is 7.47. The fourth-order valence-corrected chi connectivity index (χ4v) is 5.63. The Kier molecular flexibility index (Phi) is 6.92. The predicted molar refractivity (Wildman–Crippen MR) is 131 cm³/mol. The highest BCUT2D eigenvalue weighted by Crippen LogP contribution is 2.46. The number of halogens is 1. The molecule has 0 spiro atoms. The van der Waals surface area contributed by atoms with Crippen LogP contribution in [0.1, 0.15) is 24.0 Å². The fourth-order valence-electron chi connectivity index (χ4n) is 4.95. The lowest BCUT2D eigenvalue weighted by Crippen LogP contribution is -2.42. The molecule has 1 aliphatic carbocycles. The smallest absolute Gasteiger partial charge is 0.121 e. The van der Waals surface area contributed by atoms with Crippen LogP contribution in [-0.2, 0) is 9.22 Å². The summed E-state index contributed by atoms with van der Waals surface area (Å²) >= 11 is 7.82. The van der Waals surface area contributed by atoms with Crippen LogP contribution in [0.3, 0.4) is 0 Å². The van der Waals surface area contributed by atoms with E-state index < -0.39 is 0 Å². The fraction of sp³-hybridized carbons (Fsp3) is 0.417. The van der Waals surface area contributed by atoms with E-state index >= 15 is 0 Å². The lowest BCUT2D eigenvalue weighted by atomic mass is 9.82. The highest BCUT2D eigenvalue weighted by molar-refractivity contribution is 7.92. The van der Waals surface area contributed by atoms with Gasteiger partial charge >= 0.3 is 0 Å². The maximum atomic E-state index is 6.53. The van der Waals surface area contributed by atoms with Crippen LogP contribution < -0.4 is 5.32 Å². The van der Waals surface area contributed by atoms with Gasteiger partial charge in [0.2, 0.25) is 0 Å². The Morgan fingerprint density at radius 3 is 2.72 bits per heavy atom. The number of rotatable bonds is 5. The molecular formula is C24H28ClN4O2S-. The van der Waals surface area contributed by atoms with Gasteiger partial charge in [0.25, 0.3) is 0 Å². The lowest BCUT2D eigenvalue weighted by molar-refractivity contribution is -0.163. The Morgan fingerprint density at radius 1 is 1.12 bits per heavy atom.